The number of carbonyl (C=O) groups excluding carboxylic acids is 4. The van der Waals surface area contributed by atoms with Gasteiger partial charge >= 0.3 is 6.09 Å². The van der Waals surface area contributed by atoms with Crippen molar-refractivity contribution in [3.05, 3.63) is 40.3 Å². The maximum absolute atomic E-state index is 14.4. The van der Waals surface area contributed by atoms with Crippen LogP contribution in [0.2, 0.25) is 0 Å². The lowest BCUT2D eigenvalue weighted by atomic mass is 10.0. The van der Waals surface area contributed by atoms with Gasteiger partial charge in [0.05, 0.1) is 17.3 Å². The standard InChI is InChI=1S/C35H44BrFN6O8S/c1-19-30(39-26-15-21(37)14-24(36)28(26)38-19)50-22-16-27-29(44)41-35(32(46)42-52(48,49)23-12-13-23)17-20(35)10-8-6-5-7-9-11-25(31(45)43(27)18-22)40-33(47)51-34(2,3)4/h8,10,14-15,20,22-23,25,27H,5-7,9,11-13,16-18H2,1-4H3,(H,40,47)(H,41,44)(H,42,46)/b10-8-/t20-,22-,25+,27+,35-/m1/s1. The zero-order valence-electron chi connectivity index (χ0n) is 29.5. The highest BCUT2D eigenvalue weighted by atomic mass is 79.9. The van der Waals surface area contributed by atoms with Crippen LogP contribution in [-0.4, -0.2) is 88.2 Å². The van der Waals surface area contributed by atoms with E-state index in [0.717, 1.165) is 12.8 Å². The zero-order chi connectivity index (χ0) is 37.6. The molecule has 3 fully saturated rings. The molecule has 4 amide bonds. The Balaban J connectivity index is 1.31. The van der Waals surface area contributed by atoms with Gasteiger partial charge in [0.2, 0.25) is 27.7 Å². The number of amides is 4. The Kier molecular flexibility index (Phi) is 10.6. The lowest BCUT2D eigenvalue weighted by Crippen LogP contribution is -2.58. The summed E-state index contributed by atoms with van der Waals surface area (Å²) in [6.07, 6.45) is 6.31. The summed E-state index contributed by atoms with van der Waals surface area (Å²) in [6.45, 7) is 6.70. The Hall–Kier alpha value is -3.86. The van der Waals surface area contributed by atoms with E-state index in [-0.39, 0.29) is 37.2 Å². The molecular weight excluding hydrogens is 763 g/mol. The first-order chi connectivity index (χ1) is 24.5. The van der Waals surface area contributed by atoms with Crippen molar-refractivity contribution in [1.82, 2.24) is 30.2 Å². The summed E-state index contributed by atoms with van der Waals surface area (Å²) in [4.78, 5) is 65.5. The van der Waals surface area contributed by atoms with E-state index in [0.29, 0.717) is 41.4 Å². The van der Waals surface area contributed by atoms with Gasteiger partial charge in [-0.3, -0.25) is 19.1 Å². The molecule has 17 heteroatoms. The summed E-state index contributed by atoms with van der Waals surface area (Å²) in [7, 11) is -3.91. The second-order valence-electron chi connectivity index (χ2n) is 15.1. The number of nitrogens with one attached hydrogen (secondary N) is 3. The summed E-state index contributed by atoms with van der Waals surface area (Å²) in [5.41, 5.74) is -1.30. The van der Waals surface area contributed by atoms with Gasteiger partial charge < -0.3 is 25.0 Å². The smallest absolute Gasteiger partial charge is 0.408 e. The Bertz CT molecular complexity index is 1920. The molecule has 5 atom stereocenters. The monoisotopic (exact) mass is 806 g/mol. The average Bonchev–Trinajstić information content (AvgIpc) is 3.96. The number of hydrogen-bond donors (Lipinski definition) is 3. The quantitative estimate of drug-likeness (QED) is 0.360. The third-order valence-corrected chi connectivity index (χ3v) is 12.1. The number of sulfonamides is 1. The van der Waals surface area contributed by atoms with Crippen LogP contribution in [-0.2, 0) is 29.1 Å². The largest absolute Gasteiger partial charge is 0.471 e. The number of allylic oxidation sites excluding steroid dienone is 1. The van der Waals surface area contributed by atoms with E-state index in [1.54, 1.807) is 27.7 Å². The number of alkyl carbamates (subject to hydrolysis) is 1. The second kappa shape index (κ2) is 14.5. The van der Waals surface area contributed by atoms with Crippen molar-refractivity contribution in [1.29, 1.82) is 0 Å². The fourth-order valence-corrected chi connectivity index (χ4v) is 8.60. The average molecular weight is 808 g/mol. The van der Waals surface area contributed by atoms with E-state index in [1.807, 2.05) is 12.2 Å². The van der Waals surface area contributed by atoms with E-state index in [1.165, 1.54) is 17.0 Å². The van der Waals surface area contributed by atoms with E-state index >= 15 is 0 Å². The molecule has 0 radical (unpaired) electrons. The number of carbonyl (C=O) groups is 4. The summed E-state index contributed by atoms with van der Waals surface area (Å²) >= 11 is 3.31. The van der Waals surface area contributed by atoms with Crippen molar-refractivity contribution in [3.63, 3.8) is 0 Å². The van der Waals surface area contributed by atoms with Crippen LogP contribution in [0.15, 0.2) is 28.8 Å². The van der Waals surface area contributed by atoms with Crippen LogP contribution >= 0.6 is 15.9 Å². The molecule has 282 valence electrons. The van der Waals surface area contributed by atoms with Crippen LogP contribution < -0.4 is 20.1 Å². The van der Waals surface area contributed by atoms with E-state index in [4.69, 9.17) is 9.47 Å². The van der Waals surface area contributed by atoms with E-state index in [9.17, 15) is 32.0 Å². The number of benzene rings is 1. The van der Waals surface area contributed by atoms with Crippen LogP contribution in [0.3, 0.4) is 0 Å². The van der Waals surface area contributed by atoms with Gasteiger partial charge in [-0.1, -0.05) is 25.0 Å². The van der Waals surface area contributed by atoms with Gasteiger partial charge in [-0.25, -0.2) is 27.6 Å². The molecule has 1 aromatic heterocycles. The highest BCUT2D eigenvalue weighted by Crippen LogP contribution is 2.46. The van der Waals surface area contributed by atoms with Crippen LogP contribution in [0.25, 0.3) is 11.0 Å². The SMILES string of the molecule is Cc1nc2c(Br)cc(F)cc2nc1O[C@@H]1C[C@H]2C(=O)N[C@]3(C(=O)NS(=O)(=O)C4CC4)C[C@H]3/C=C\CCCCC[C@H](NC(=O)OC(C)(C)C)C(=O)N2C1. The molecule has 1 aromatic carbocycles. The first kappa shape index (κ1) is 37.9. The fourth-order valence-electron chi connectivity index (χ4n) is 6.72. The summed E-state index contributed by atoms with van der Waals surface area (Å²) in [6, 6.07) is 0.290. The molecule has 3 heterocycles. The summed E-state index contributed by atoms with van der Waals surface area (Å²) < 4.78 is 54.1. The first-order valence-corrected chi connectivity index (χ1v) is 19.9. The molecule has 2 saturated carbocycles. The number of halogens is 2. The van der Waals surface area contributed by atoms with Gasteiger partial charge in [0, 0.05) is 22.9 Å². The third-order valence-electron chi connectivity index (χ3n) is 9.63. The number of nitrogens with zero attached hydrogens (tertiary/aromatic N) is 3. The van der Waals surface area contributed by atoms with Crippen molar-refractivity contribution < 1.29 is 41.5 Å². The molecule has 2 aliphatic heterocycles. The number of fused-ring (bicyclic) bond motifs is 3. The topological polar surface area (TPSA) is 186 Å². The Morgan fingerprint density at radius 2 is 1.87 bits per heavy atom. The van der Waals surface area contributed by atoms with E-state index in [2.05, 4.69) is 41.3 Å². The zero-order valence-corrected chi connectivity index (χ0v) is 31.9. The van der Waals surface area contributed by atoms with Gasteiger partial charge in [-0.05, 0) is 88.2 Å². The number of aryl methyl sites for hydroxylation is 1. The van der Waals surface area contributed by atoms with Gasteiger partial charge in [0.15, 0.2) is 0 Å². The van der Waals surface area contributed by atoms with Crippen LogP contribution in [0.1, 0.15) is 84.3 Å². The molecule has 2 aliphatic carbocycles. The molecule has 4 aliphatic rings. The minimum atomic E-state index is -3.91. The number of ether oxygens (including phenoxy) is 2. The van der Waals surface area contributed by atoms with Gasteiger partial charge in [0.25, 0.3) is 5.91 Å². The lowest BCUT2D eigenvalue weighted by Gasteiger charge is -2.30. The predicted octanol–water partition coefficient (Wildman–Crippen LogP) is 4.09. The molecule has 14 nitrogen and oxygen atoms in total. The molecule has 0 bridgehead atoms. The normalized spacial score (nSPS) is 27.7. The number of rotatable bonds is 6. The minimum Gasteiger partial charge on any atom is -0.471 e. The highest BCUT2D eigenvalue weighted by molar-refractivity contribution is 9.10. The van der Waals surface area contributed by atoms with Crippen molar-refractivity contribution in [2.45, 2.75) is 120 Å². The van der Waals surface area contributed by atoms with Crippen LogP contribution in [0.4, 0.5) is 9.18 Å². The maximum Gasteiger partial charge on any atom is 0.408 e. The molecule has 2 aromatic rings. The predicted molar refractivity (Wildman–Crippen MR) is 191 cm³/mol. The molecule has 52 heavy (non-hydrogen) atoms. The number of aromatic nitrogens is 2. The summed E-state index contributed by atoms with van der Waals surface area (Å²) in [5.74, 6) is -2.93. The van der Waals surface area contributed by atoms with Crippen molar-refractivity contribution >= 4 is 60.8 Å². The van der Waals surface area contributed by atoms with Gasteiger partial charge in [-0.15, -0.1) is 0 Å². The maximum atomic E-state index is 14.4. The highest BCUT2D eigenvalue weighted by Gasteiger charge is 2.62. The molecule has 3 N–H and O–H groups in total. The Labute approximate surface area is 310 Å². The van der Waals surface area contributed by atoms with E-state index < -0.39 is 80.2 Å². The second-order valence-corrected chi connectivity index (χ2v) is 17.9. The molecule has 0 unspecified atom stereocenters. The molecule has 6 rings (SSSR count). The van der Waals surface area contributed by atoms with Crippen LogP contribution in [0.5, 0.6) is 5.88 Å². The minimum absolute atomic E-state index is 0.0265. The summed E-state index contributed by atoms with van der Waals surface area (Å²) in [5, 5.41) is 4.88. The Morgan fingerprint density at radius 1 is 1.12 bits per heavy atom. The van der Waals surface area contributed by atoms with Gasteiger partial charge in [-0.2, -0.15) is 0 Å². The molecular formula is C35H44BrFN6O8S. The fraction of sp³-hybridized carbons (Fsp3) is 0.600. The Morgan fingerprint density at radius 3 is 2.58 bits per heavy atom. The molecule has 1 saturated heterocycles. The molecule has 0 spiro atoms. The van der Waals surface area contributed by atoms with Crippen molar-refractivity contribution in [3.8, 4) is 5.88 Å². The van der Waals surface area contributed by atoms with Crippen molar-refractivity contribution in [2.75, 3.05) is 6.54 Å². The van der Waals surface area contributed by atoms with Crippen LogP contribution in [0, 0.1) is 18.7 Å². The number of hydrogen-bond acceptors (Lipinski definition) is 10. The van der Waals surface area contributed by atoms with Gasteiger partial charge in [0.1, 0.15) is 46.4 Å². The first-order valence-electron chi connectivity index (χ1n) is 17.6. The van der Waals surface area contributed by atoms with Crippen molar-refractivity contribution in [2.24, 2.45) is 5.92 Å². The lowest BCUT2D eigenvalue weighted by molar-refractivity contribution is -0.141. The third kappa shape index (κ3) is 8.50.